The van der Waals surface area contributed by atoms with Crippen LogP contribution < -0.4 is 25.9 Å². The maximum absolute atomic E-state index is 5.40. The first-order valence-corrected chi connectivity index (χ1v) is 5.79. The van der Waals surface area contributed by atoms with E-state index in [1.165, 1.54) is 9.13 Å². The van der Waals surface area contributed by atoms with E-state index in [1.54, 1.807) is 0 Å². The summed E-state index contributed by atoms with van der Waals surface area (Å²) in [4.78, 5) is 0. The third-order valence-electron chi connectivity index (χ3n) is 1.50. The number of hydrogen-bond donors (Lipinski definition) is 0. The van der Waals surface area contributed by atoms with Gasteiger partial charge in [-0.25, -0.2) is 0 Å². The summed E-state index contributed by atoms with van der Waals surface area (Å²) in [6.07, 6.45) is 0. The zero-order chi connectivity index (χ0) is 6.97. The van der Waals surface area contributed by atoms with E-state index in [0.29, 0.717) is 0 Å². The molecule has 1 nitrogen and oxygen atoms in total. The van der Waals surface area contributed by atoms with Crippen LogP contribution in [0, 0.1) is 10.5 Å². The van der Waals surface area contributed by atoms with E-state index in [1.807, 2.05) is 0 Å². The van der Waals surface area contributed by atoms with Gasteiger partial charge in [0.25, 0.3) is 0 Å². The summed E-state index contributed by atoms with van der Waals surface area (Å²) in [7, 11) is 0. The van der Waals surface area contributed by atoms with Crippen molar-refractivity contribution in [3.63, 3.8) is 0 Å². The van der Waals surface area contributed by atoms with Gasteiger partial charge in [0, 0.05) is 0 Å². The van der Waals surface area contributed by atoms with E-state index in [2.05, 4.69) is 25.1 Å². The van der Waals surface area contributed by atoms with Crippen molar-refractivity contribution in [2.24, 2.45) is 0 Å². The molecule has 1 aliphatic heterocycles. The monoisotopic (exact) mass is 247 g/mol. The molecule has 1 aromatic carbocycles. The zero-order valence-corrected chi connectivity index (χ0v) is 7.88. The van der Waals surface area contributed by atoms with E-state index in [0.717, 1.165) is 10.4 Å². The van der Waals surface area contributed by atoms with Gasteiger partial charge in [0.2, 0.25) is 0 Å². The molecular weight excluding hydrogens is 239 g/mol. The normalized spacial score (nSPS) is 15.3. The van der Waals surface area contributed by atoms with Gasteiger partial charge in [-0.3, -0.25) is 0 Å². The van der Waals surface area contributed by atoms with Gasteiger partial charge in [-0.05, 0) is 0 Å². The molecule has 10 heavy (non-hydrogen) atoms. The van der Waals surface area contributed by atoms with Gasteiger partial charge >= 0.3 is 70.6 Å². The Balaban J connectivity index is 2.52. The Hall–Kier alpha value is -0.250. The first-order valence-electron chi connectivity index (χ1n) is 3.19. The molecule has 54 valence electrons. The number of aryl methyl sites for hydroxylation is 1. The Kier molecular flexibility index (Phi) is 1.56. The second kappa shape index (κ2) is 2.42. The molecule has 2 heteroatoms. The van der Waals surface area contributed by atoms with Crippen LogP contribution in [0.15, 0.2) is 18.2 Å². The van der Waals surface area contributed by atoms with Gasteiger partial charge < -0.3 is 0 Å². The minimum atomic E-state index is 0.184. The number of hydrogen-bond acceptors (Lipinski definition) is 1. The molecule has 0 saturated carbocycles. The first-order chi connectivity index (χ1) is 4.86. The summed E-state index contributed by atoms with van der Waals surface area (Å²) < 4.78 is 7.84. The average Bonchev–Trinajstić information content (AvgIpc) is 2.33. The van der Waals surface area contributed by atoms with Crippen molar-refractivity contribution in [2.75, 3.05) is 4.61 Å². The predicted molar refractivity (Wildman–Crippen MR) is 35.4 cm³/mol. The van der Waals surface area contributed by atoms with Crippen LogP contribution in [0.2, 0.25) is 0 Å². The molecule has 0 saturated heterocycles. The van der Waals surface area contributed by atoms with E-state index >= 15 is 0 Å². The van der Waals surface area contributed by atoms with Crippen molar-refractivity contribution in [3.05, 3.63) is 27.3 Å². The Morgan fingerprint density at radius 2 is 2.40 bits per heavy atom. The van der Waals surface area contributed by atoms with Gasteiger partial charge in [0.15, 0.2) is 0 Å². The fourth-order valence-electron chi connectivity index (χ4n) is 0.972. The number of fused-ring (bicyclic) bond motifs is 1. The van der Waals surface area contributed by atoms with Crippen LogP contribution in [0.1, 0.15) is 5.56 Å². The predicted octanol–water partition coefficient (Wildman–Crippen LogP) is -1.40. The van der Waals surface area contributed by atoms with Crippen LogP contribution in [0.5, 0.6) is 5.75 Å². The Labute approximate surface area is 70.7 Å². The van der Waals surface area contributed by atoms with Crippen molar-refractivity contribution in [2.45, 2.75) is 6.92 Å². The van der Waals surface area contributed by atoms with Crippen LogP contribution in [0.4, 0.5) is 0 Å². The van der Waals surface area contributed by atoms with E-state index in [9.17, 15) is 0 Å². The minimum absolute atomic E-state index is 0.184. The van der Waals surface area contributed by atoms with Crippen LogP contribution in [-0.4, -0.2) is 4.61 Å². The standard InChI is InChI=1S/C8H8IO/c1-6-2-3-8-7(4-6)9-5-10-8/h2-4H,5H2,1H3/q-1. The summed E-state index contributed by atoms with van der Waals surface area (Å²) in [5.41, 5.74) is 1.35. The molecule has 0 fully saturated rings. The molecule has 0 aromatic heterocycles. The van der Waals surface area contributed by atoms with Crippen LogP contribution in [0.3, 0.4) is 0 Å². The van der Waals surface area contributed by atoms with Crippen molar-refractivity contribution in [3.8, 4) is 5.75 Å². The summed E-state index contributed by atoms with van der Waals surface area (Å²) in [6.45, 7) is 2.13. The molecule has 1 heterocycles. The second-order valence-corrected chi connectivity index (χ2v) is 4.87. The average molecular weight is 247 g/mol. The van der Waals surface area contributed by atoms with Crippen LogP contribution in [-0.2, 0) is 0 Å². The van der Waals surface area contributed by atoms with E-state index < -0.39 is 0 Å². The Bertz CT molecular complexity index is 257. The molecule has 0 aliphatic carbocycles. The molecule has 0 radical (unpaired) electrons. The maximum atomic E-state index is 5.40. The van der Waals surface area contributed by atoms with Crippen molar-refractivity contribution >= 4 is 0 Å². The quantitative estimate of drug-likeness (QED) is 0.405. The fourth-order valence-corrected chi connectivity index (χ4v) is 3.22. The zero-order valence-electron chi connectivity index (χ0n) is 5.73. The van der Waals surface area contributed by atoms with Gasteiger partial charge in [-0.1, -0.05) is 0 Å². The molecule has 0 spiro atoms. The molecule has 0 atom stereocenters. The summed E-state index contributed by atoms with van der Waals surface area (Å²) in [5, 5.41) is 0. The molecule has 0 N–H and O–H groups in total. The fraction of sp³-hybridized carbons (Fsp3) is 0.250. The molecule has 0 unspecified atom stereocenters. The third-order valence-corrected chi connectivity index (χ3v) is 3.78. The van der Waals surface area contributed by atoms with Gasteiger partial charge in [0.1, 0.15) is 0 Å². The third kappa shape index (κ3) is 1.00. The van der Waals surface area contributed by atoms with Crippen molar-refractivity contribution in [1.29, 1.82) is 0 Å². The van der Waals surface area contributed by atoms with Crippen LogP contribution in [0.25, 0.3) is 0 Å². The Morgan fingerprint density at radius 3 is 3.30 bits per heavy atom. The number of rotatable bonds is 0. The number of halogens is 1. The molecule has 0 bridgehead atoms. The molecular formula is C8H8IO-. The van der Waals surface area contributed by atoms with E-state index in [4.69, 9.17) is 4.74 Å². The molecule has 2 rings (SSSR count). The SMILES string of the molecule is Cc1ccc2c(c1)[I-]CO2. The summed E-state index contributed by atoms with van der Waals surface area (Å²) >= 11 is 0.184. The van der Waals surface area contributed by atoms with E-state index in [-0.39, 0.29) is 21.2 Å². The molecule has 1 aromatic rings. The topological polar surface area (TPSA) is 9.23 Å². The number of alkyl halides is 1. The molecule has 1 aliphatic rings. The van der Waals surface area contributed by atoms with Crippen molar-refractivity contribution in [1.82, 2.24) is 0 Å². The van der Waals surface area contributed by atoms with Gasteiger partial charge in [-0.2, -0.15) is 0 Å². The van der Waals surface area contributed by atoms with Gasteiger partial charge in [0.05, 0.1) is 0 Å². The molecule has 0 amide bonds. The van der Waals surface area contributed by atoms with Crippen molar-refractivity contribution < 1.29 is 25.9 Å². The van der Waals surface area contributed by atoms with Crippen LogP contribution >= 0.6 is 0 Å². The number of ether oxygens (including phenoxy) is 1. The summed E-state index contributed by atoms with van der Waals surface area (Å²) in [6, 6.07) is 6.43. The number of benzene rings is 1. The Morgan fingerprint density at radius 1 is 1.50 bits per heavy atom. The van der Waals surface area contributed by atoms with Gasteiger partial charge in [-0.15, -0.1) is 0 Å². The summed E-state index contributed by atoms with van der Waals surface area (Å²) in [5.74, 6) is 1.12. The first kappa shape index (κ1) is 6.46. The second-order valence-electron chi connectivity index (χ2n) is 2.32.